The zero-order valence-electron chi connectivity index (χ0n) is 11.7. The van der Waals surface area contributed by atoms with Gasteiger partial charge >= 0.3 is 5.97 Å². The van der Waals surface area contributed by atoms with Crippen LogP contribution in [0.25, 0.3) is 0 Å². The van der Waals surface area contributed by atoms with Crippen molar-refractivity contribution < 1.29 is 19.1 Å². The van der Waals surface area contributed by atoms with Gasteiger partial charge in [0, 0.05) is 11.0 Å². The molecule has 0 unspecified atom stereocenters. The Morgan fingerprint density at radius 1 is 1.20 bits per heavy atom. The number of carbonyl (C=O) groups is 2. The number of carbonyl (C=O) groups excluding carboxylic acids is 2. The van der Waals surface area contributed by atoms with E-state index in [1.165, 1.54) is 6.92 Å². The Bertz CT molecular complexity index is 461. The number of likely N-dealkylation sites (N-methyl/N-ethyl adjacent to an activating group) is 1. The lowest BCUT2D eigenvalue weighted by Crippen LogP contribution is -2.38. The Labute approximate surface area is 126 Å². The van der Waals surface area contributed by atoms with Crippen LogP contribution in [0, 0.1) is 0 Å². The van der Waals surface area contributed by atoms with Crippen LogP contribution in [-0.2, 0) is 14.3 Å². The van der Waals surface area contributed by atoms with Crippen molar-refractivity contribution in [2.24, 2.45) is 0 Å². The molecule has 0 aromatic heterocycles. The van der Waals surface area contributed by atoms with E-state index in [9.17, 15) is 9.59 Å². The quantitative estimate of drug-likeness (QED) is 0.805. The molecule has 0 aliphatic carbocycles. The molecule has 1 amide bonds. The number of nitrogens with one attached hydrogen (secondary N) is 1. The van der Waals surface area contributed by atoms with Crippen LogP contribution in [-0.4, -0.2) is 30.6 Å². The number of ether oxygens (including phenoxy) is 2. The lowest BCUT2D eigenvalue weighted by atomic mass is 10.3. The molecule has 0 aliphatic heterocycles. The number of hydrogen-bond donors (Lipinski definition) is 1. The predicted molar refractivity (Wildman–Crippen MR) is 78.5 cm³/mol. The highest BCUT2D eigenvalue weighted by Gasteiger charge is 2.22. The monoisotopic (exact) mass is 343 g/mol. The average Bonchev–Trinajstić information content (AvgIpc) is 2.41. The molecule has 0 radical (unpaired) electrons. The summed E-state index contributed by atoms with van der Waals surface area (Å²) >= 11 is 3.31. The first kappa shape index (κ1) is 16.5. The topological polar surface area (TPSA) is 64.6 Å². The minimum absolute atomic E-state index is 0.323. The van der Waals surface area contributed by atoms with Gasteiger partial charge in [-0.05, 0) is 45.0 Å². The number of halogens is 1. The Hall–Kier alpha value is -1.56. The Morgan fingerprint density at radius 2 is 1.80 bits per heavy atom. The molecule has 0 bridgehead atoms. The molecular formula is C14H18BrNO4. The Kier molecular flexibility index (Phi) is 6.51. The molecule has 2 atom stereocenters. The summed E-state index contributed by atoms with van der Waals surface area (Å²) in [7, 11) is 0. The van der Waals surface area contributed by atoms with Crippen molar-refractivity contribution in [3.63, 3.8) is 0 Å². The molecule has 0 spiro atoms. The molecular weight excluding hydrogens is 326 g/mol. The molecule has 0 fully saturated rings. The maximum atomic E-state index is 11.8. The van der Waals surface area contributed by atoms with E-state index >= 15 is 0 Å². The van der Waals surface area contributed by atoms with Crippen LogP contribution in [0.1, 0.15) is 20.8 Å². The van der Waals surface area contributed by atoms with E-state index in [1.807, 2.05) is 12.1 Å². The van der Waals surface area contributed by atoms with Gasteiger partial charge in [-0.2, -0.15) is 0 Å². The molecule has 5 nitrogen and oxygen atoms in total. The van der Waals surface area contributed by atoms with E-state index in [0.717, 1.165) is 4.47 Å². The summed E-state index contributed by atoms with van der Waals surface area (Å²) in [4.78, 5) is 23.3. The van der Waals surface area contributed by atoms with Gasteiger partial charge in [0.1, 0.15) is 5.75 Å². The van der Waals surface area contributed by atoms with Gasteiger partial charge in [0.05, 0.1) is 0 Å². The third-order valence-corrected chi connectivity index (χ3v) is 3.00. The summed E-state index contributed by atoms with van der Waals surface area (Å²) in [6.07, 6.45) is -1.62. The number of amides is 1. The van der Waals surface area contributed by atoms with E-state index < -0.39 is 18.2 Å². The van der Waals surface area contributed by atoms with E-state index in [4.69, 9.17) is 9.47 Å². The molecule has 0 heterocycles. The molecule has 6 heteroatoms. The van der Waals surface area contributed by atoms with E-state index in [1.54, 1.807) is 26.0 Å². The first-order valence-electron chi connectivity index (χ1n) is 6.34. The van der Waals surface area contributed by atoms with E-state index in [-0.39, 0.29) is 5.91 Å². The van der Waals surface area contributed by atoms with E-state index in [0.29, 0.717) is 12.3 Å². The number of benzene rings is 1. The highest BCUT2D eigenvalue weighted by Crippen LogP contribution is 2.17. The summed E-state index contributed by atoms with van der Waals surface area (Å²) < 4.78 is 11.4. The van der Waals surface area contributed by atoms with Gasteiger partial charge in [0.25, 0.3) is 5.91 Å². The van der Waals surface area contributed by atoms with Crippen molar-refractivity contribution in [2.75, 3.05) is 6.54 Å². The van der Waals surface area contributed by atoms with Crippen molar-refractivity contribution in [3.05, 3.63) is 28.7 Å². The molecule has 110 valence electrons. The van der Waals surface area contributed by atoms with Gasteiger partial charge in [-0.3, -0.25) is 4.79 Å². The summed E-state index contributed by atoms with van der Waals surface area (Å²) in [6, 6.07) is 7.09. The molecule has 0 saturated carbocycles. The summed E-state index contributed by atoms with van der Waals surface area (Å²) in [6.45, 7) is 5.39. The van der Waals surface area contributed by atoms with Gasteiger partial charge in [0.15, 0.2) is 12.2 Å². The van der Waals surface area contributed by atoms with Crippen LogP contribution in [0.4, 0.5) is 0 Å². The smallest absolute Gasteiger partial charge is 0.347 e. The van der Waals surface area contributed by atoms with Crippen molar-refractivity contribution in [2.45, 2.75) is 33.0 Å². The molecule has 1 N–H and O–H groups in total. The van der Waals surface area contributed by atoms with Crippen LogP contribution >= 0.6 is 15.9 Å². The van der Waals surface area contributed by atoms with Crippen LogP contribution < -0.4 is 10.1 Å². The third-order valence-electron chi connectivity index (χ3n) is 2.47. The molecule has 1 rings (SSSR count). The maximum absolute atomic E-state index is 11.8. The fourth-order valence-electron chi connectivity index (χ4n) is 1.41. The highest BCUT2D eigenvalue weighted by molar-refractivity contribution is 9.10. The van der Waals surface area contributed by atoms with Crippen molar-refractivity contribution >= 4 is 27.8 Å². The molecule has 1 aromatic rings. The second-order valence-electron chi connectivity index (χ2n) is 4.19. The van der Waals surface area contributed by atoms with Gasteiger partial charge in [-0.15, -0.1) is 0 Å². The molecule has 1 aromatic carbocycles. The average molecular weight is 344 g/mol. The van der Waals surface area contributed by atoms with Gasteiger partial charge in [-0.1, -0.05) is 15.9 Å². The zero-order valence-corrected chi connectivity index (χ0v) is 13.3. The lowest BCUT2D eigenvalue weighted by molar-refractivity contribution is -0.160. The van der Waals surface area contributed by atoms with Crippen LogP contribution in [0.5, 0.6) is 5.75 Å². The van der Waals surface area contributed by atoms with Crippen LogP contribution in [0.15, 0.2) is 28.7 Å². The number of rotatable bonds is 6. The predicted octanol–water partition coefficient (Wildman–Crippen LogP) is 2.28. The SMILES string of the molecule is CCNC(=O)[C@H](C)OC(=O)[C@@H](C)Oc1ccc(Br)cc1. The maximum Gasteiger partial charge on any atom is 0.347 e. The number of hydrogen-bond acceptors (Lipinski definition) is 4. The zero-order chi connectivity index (χ0) is 15.1. The minimum Gasteiger partial charge on any atom is -0.479 e. The second kappa shape index (κ2) is 7.89. The molecule has 0 saturated heterocycles. The first-order valence-corrected chi connectivity index (χ1v) is 7.13. The fourth-order valence-corrected chi connectivity index (χ4v) is 1.67. The standard InChI is InChI=1S/C14H18BrNO4/c1-4-16-13(17)9(2)20-14(18)10(3)19-12-7-5-11(15)6-8-12/h5-10H,4H2,1-3H3,(H,16,17)/t9-,10+/m0/s1. The number of esters is 1. The largest absolute Gasteiger partial charge is 0.479 e. The second-order valence-corrected chi connectivity index (χ2v) is 5.10. The van der Waals surface area contributed by atoms with E-state index in [2.05, 4.69) is 21.2 Å². The summed E-state index contributed by atoms with van der Waals surface area (Å²) in [5, 5.41) is 2.58. The first-order chi connectivity index (χ1) is 9.43. The lowest BCUT2D eigenvalue weighted by Gasteiger charge is -2.17. The molecule has 20 heavy (non-hydrogen) atoms. The fraction of sp³-hybridized carbons (Fsp3) is 0.429. The molecule has 0 aliphatic rings. The Balaban J connectivity index is 2.50. The highest BCUT2D eigenvalue weighted by atomic mass is 79.9. The van der Waals surface area contributed by atoms with Gasteiger partial charge < -0.3 is 14.8 Å². The normalized spacial score (nSPS) is 13.2. The summed E-state index contributed by atoms with van der Waals surface area (Å²) in [5.41, 5.74) is 0. The summed E-state index contributed by atoms with van der Waals surface area (Å²) in [5.74, 6) is -0.341. The van der Waals surface area contributed by atoms with Crippen molar-refractivity contribution in [1.82, 2.24) is 5.32 Å². The van der Waals surface area contributed by atoms with Crippen molar-refractivity contribution in [3.8, 4) is 5.75 Å². The van der Waals surface area contributed by atoms with Gasteiger partial charge in [-0.25, -0.2) is 4.79 Å². The third kappa shape index (κ3) is 5.21. The van der Waals surface area contributed by atoms with Crippen LogP contribution in [0.2, 0.25) is 0 Å². The van der Waals surface area contributed by atoms with Crippen molar-refractivity contribution in [1.29, 1.82) is 0 Å². The Morgan fingerprint density at radius 3 is 2.35 bits per heavy atom. The van der Waals surface area contributed by atoms with Gasteiger partial charge in [0.2, 0.25) is 0 Å². The van der Waals surface area contributed by atoms with Crippen LogP contribution in [0.3, 0.4) is 0 Å². The minimum atomic E-state index is -0.835.